The van der Waals surface area contributed by atoms with E-state index in [4.69, 9.17) is 8.83 Å². The van der Waals surface area contributed by atoms with E-state index >= 15 is 0 Å². The van der Waals surface area contributed by atoms with Gasteiger partial charge in [0.05, 0.1) is 22.4 Å². The molecule has 0 N–H and O–H groups in total. The standard InChI is InChI=1S/C50H30N2O2/c1-2-14-33(15-3-1)51-42-20-9-8-18-40(42)47-43(51)21-11-22-44(47)52(34-26-29-46-41(30-34)39-28-25-31-12-4-6-16-35(31)48(39)53-46)45-23-10-19-37-38-27-24-32-13-5-7-17-36(32)49(38)54-50(37)45/h1-30H. The van der Waals surface area contributed by atoms with Gasteiger partial charge in [0.2, 0.25) is 0 Å². The van der Waals surface area contributed by atoms with Gasteiger partial charge >= 0.3 is 0 Å². The Morgan fingerprint density at radius 3 is 1.76 bits per heavy atom. The van der Waals surface area contributed by atoms with Gasteiger partial charge in [-0.15, -0.1) is 0 Å². The number of nitrogens with zero attached hydrogens (tertiary/aromatic N) is 2. The van der Waals surface area contributed by atoms with Crippen LogP contribution in [0, 0.1) is 0 Å². The highest BCUT2D eigenvalue weighted by Gasteiger charge is 2.25. The summed E-state index contributed by atoms with van der Waals surface area (Å²) in [6.45, 7) is 0. The first-order valence-corrected chi connectivity index (χ1v) is 18.3. The molecule has 0 amide bonds. The number of furan rings is 2. The summed E-state index contributed by atoms with van der Waals surface area (Å²) >= 11 is 0. The third kappa shape index (κ3) is 4.08. The van der Waals surface area contributed by atoms with Crippen LogP contribution in [0.25, 0.3) is 92.9 Å². The Hall–Kier alpha value is -7.30. The molecule has 4 heteroatoms. The first kappa shape index (κ1) is 29.3. The highest BCUT2D eigenvalue weighted by Crippen LogP contribution is 2.48. The lowest BCUT2D eigenvalue weighted by atomic mass is 10.0. The highest BCUT2D eigenvalue weighted by atomic mass is 16.3. The summed E-state index contributed by atoms with van der Waals surface area (Å²) in [7, 11) is 0. The molecule has 0 unspecified atom stereocenters. The maximum absolute atomic E-state index is 7.02. The van der Waals surface area contributed by atoms with Crippen molar-refractivity contribution in [2.75, 3.05) is 4.90 Å². The summed E-state index contributed by atoms with van der Waals surface area (Å²) < 4.78 is 16.0. The van der Waals surface area contributed by atoms with E-state index in [0.29, 0.717) is 0 Å². The first-order valence-electron chi connectivity index (χ1n) is 18.3. The predicted octanol–water partition coefficient (Wildman–Crippen LogP) is 14.4. The molecule has 9 aromatic carbocycles. The molecule has 12 rings (SSSR count). The molecule has 54 heavy (non-hydrogen) atoms. The molecule has 0 bridgehead atoms. The van der Waals surface area contributed by atoms with Gasteiger partial charge < -0.3 is 18.3 Å². The second-order valence-corrected chi connectivity index (χ2v) is 14.1. The molecule has 0 atom stereocenters. The van der Waals surface area contributed by atoms with Crippen molar-refractivity contribution in [2.45, 2.75) is 0 Å². The Labute approximate surface area is 309 Å². The van der Waals surface area contributed by atoms with Gasteiger partial charge in [0, 0.05) is 54.5 Å². The number of aromatic nitrogens is 1. The van der Waals surface area contributed by atoms with Crippen LogP contribution in [0.3, 0.4) is 0 Å². The van der Waals surface area contributed by atoms with Crippen LogP contribution in [0.4, 0.5) is 17.1 Å². The van der Waals surface area contributed by atoms with Gasteiger partial charge in [0.15, 0.2) is 5.58 Å². The molecule has 4 nitrogen and oxygen atoms in total. The maximum atomic E-state index is 7.02. The molecule has 12 aromatic rings. The topological polar surface area (TPSA) is 34.5 Å². The highest BCUT2D eigenvalue weighted by molar-refractivity contribution is 6.21. The fourth-order valence-corrected chi connectivity index (χ4v) is 8.77. The van der Waals surface area contributed by atoms with Crippen LogP contribution in [0.5, 0.6) is 0 Å². The number of hydrogen-bond donors (Lipinski definition) is 0. The second-order valence-electron chi connectivity index (χ2n) is 14.1. The molecule has 0 saturated heterocycles. The molecule has 0 spiro atoms. The third-order valence-electron chi connectivity index (χ3n) is 11.1. The normalized spacial score (nSPS) is 12.1. The van der Waals surface area contributed by atoms with Gasteiger partial charge in [-0.3, -0.25) is 0 Å². The average Bonchev–Trinajstić information content (AvgIpc) is 3.92. The molecule has 0 aliphatic rings. The summed E-state index contributed by atoms with van der Waals surface area (Å²) in [6, 6.07) is 64.7. The Balaban J connectivity index is 1.20. The summed E-state index contributed by atoms with van der Waals surface area (Å²) in [5.74, 6) is 0. The van der Waals surface area contributed by atoms with E-state index in [1.54, 1.807) is 0 Å². The van der Waals surface area contributed by atoms with Gasteiger partial charge in [-0.2, -0.15) is 0 Å². The van der Waals surface area contributed by atoms with Gasteiger partial charge in [-0.05, 0) is 77.5 Å². The molecule has 0 saturated carbocycles. The smallest absolute Gasteiger partial charge is 0.159 e. The molecule has 0 aliphatic heterocycles. The number of fused-ring (bicyclic) bond motifs is 13. The zero-order valence-corrected chi connectivity index (χ0v) is 29.0. The van der Waals surface area contributed by atoms with E-state index in [9.17, 15) is 0 Å². The lowest BCUT2D eigenvalue weighted by Crippen LogP contribution is -2.10. The monoisotopic (exact) mass is 690 g/mol. The van der Waals surface area contributed by atoms with Crippen LogP contribution < -0.4 is 4.90 Å². The Morgan fingerprint density at radius 2 is 0.963 bits per heavy atom. The minimum absolute atomic E-state index is 0.843. The van der Waals surface area contributed by atoms with E-state index in [1.807, 2.05) is 0 Å². The van der Waals surface area contributed by atoms with Crippen molar-refractivity contribution >= 4 is 104 Å². The lowest BCUT2D eigenvalue weighted by Gasteiger charge is -2.26. The third-order valence-corrected chi connectivity index (χ3v) is 11.1. The molecule has 0 aliphatic carbocycles. The SMILES string of the molecule is c1ccc(-n2c3ccccc3c3c(N(c4ccc5oc6c7ccccc7ccc6c5c4)c4cccc5c4oc4c6ccccc6ccc54)cccc32)cc1. The lowest BCUT2D eigenvalue weighted by molar-refractivity contribution is 0.672. The van der Waals surface area contributed by atoms with Crippen LogP contribution in [0.15, 0.2) is 191 Å². The van der Waals surface area contributed by atoms with E-state index in [0.717, 1.165) is 99.2 Å². The van der Waals surface area contributed by atoms with E-state index < -0.39 is 0 Å². The second kappa shape index (κ2) is 11.1. The van der Waals surface area contributed by atoms with Crippen molar-refractivity contribution in [3.63, 3.8) is 0 Å². The van der Waals surface area contributed by atoms with Gasteiger partial charge in [0.1, 0.15) is 16.7 Å². The Morgan fingerprint density at radius 1 is 0.370 bits per heavy atom. The van der Waals surface area contributed by atoms with Crippen LogP contribution in [-0.2, 0) is 0 Å². The van der Waals surface area contributed by atoms with Crippen molar-refractivity contribution in [1.29, 1.82) is 0 Å². The summed E-state index contributed by atoms with van der Waals surface area (Å²) in [5, 5.41) is 11.2. The van der Waals surface area contributed by atoms with Crippen molar-refractivity contribution in [2.24, 2.45) is 0 Å². The van der Waals surface area contributed by atoms with Crippen molar-refractivity contribution in [3.8, 4) is 5.69 Å². The van der Waals surface area contributed by atoms with Gasteiger partial charge in [0.25, 0.3) is 0 Å². The van der Waals surface area contributed by atoms with E-state index in [2.05, 4.69) is 191 Å². The fourth-order valence-electron chi connectivity index (χ4n) is 8.77. The largest absolute Gasteiger partial charge is 0.455 e. The van der Waals surface area contributed by atoms with E-state index in [1.165, 1.54) is 10.8 Å². The summed E-state index contributed by atoms with van der Waals surface area (Å²) in [4.78, 5) is 2.39. The molecule has 0 radical (unpaired) electrons. The number of anilines is 3. The van der Waals surface area contributed by atoms with Crippen LogP contribution >= 0.6 is 0 Å². The molecule has 252 valence electrons. The maximum Gasteiger partial charge on any atom is 0.159 e. The molecular formula is C50H30N2O2. The Bertz CT molecular complexity index is 3460. The fraction of sp³-hybridized carbons (Fsp3) is 0. The molecular weight excluding hydrogens is 661 g/mol. The average molecular weight is 691 g/mol. The predicted molar refractivity (Wildman–Crippen MR) is 225 cm³/mol. The number of rotatable bonds is 4. The van der Waals surface area contributed by atoms with Gasteiger partial charge in [-0.25, -0.2) is 0 Å². The minimum Gasteiger partial charge on any atom is -0.455 e. The van der Waals surface area contributed by atoms with Crippen LogP contribution in [0.1, 0.15) is 0 Å². The minimum atomic E-state index is 0.843. The Kier molecular flexibility index (Phi) is 6.02. The van der Waals surface area contributed by atoms with Crippen molar-refractivity contribution in [3.05, 3.63) is 182 Å². The van der Waals surface area contributed by atoms with Gasteiger partial charge in [-0.1, -0.05) is 115 Å². The molecule has 3 heterocycles. The zero-order chi connectivity index (χ0) is 35.3. The number of para-hydroxylation sites is 3. The zero-order valence-electron chi connectivity index (χ0n) is 29.0. The quantitative estimate of drug-likeness (QED) is 0.184. The summed E-state index contributed by atoms with van der Waals surface area (Å²) in [6.07, 6.45) is 0. The van der Waals surface area contributed by atoms with E-state index in [-0.39, 0.29) is 0 Å². The summed E-state index contributed by atoms with van der Waals surface area (Å²) in [5.41, 5.74) is 9.97. The first-order chi connectivity index (χ1) is 26.8. The number of benzene rings is 9. The number of hydrogen-bond acceptors (Lipinski definition) is 3. The van der Waals surface area contributed by atoms with Crippen molar-refractivity contribution < 1.29 is 8.83 Å². The molecule has 0 fully saturated rings. The van der Waals surface area contributed by atoms with Crippen molar-refractivity contribution in [1.82, 2.24) is 4.57 Å². The molecule has 3 aromatic heterocycles. The van der Waals surface area contributed by atoms with Crippen LogP contribution in [0.2, 0.25) is 0 Å². The van der Waals surface area contributed by atoms with Crippen LogP contribution in [-0.4, -0.2) is 4.57 Å².